The second-order valence-electron chi connectivity index (χ2n) is 4.64. The van der Waals surface area contributed by atoms with Gasteiger partial charge in [-0.15, -0.1) is 0 Å². The highest BCUT2D eigenvalue weighted by Gasteiger charge is 2.32. The van der Waals surface area contributed by atoms with Crippen molar-refractivity contribution in [3.63, 3.8) is 0 Å². The molecule has 0 aliphatic carbocycles. The zero-order chi connectivity index (χ0) is 13.3. The van der Waals surface area contributed by atoms with Crippen molar-refractivity contribution in [3.05, 3.63) is 34.3 Å². The fourth-order valence-electron chi connectivity index (χ4n) is 2.07. The number of aryl methyl sites for hydroxylation is 1. The van der Waals surface area contributed by atoms with Crippen LogP contribution in [0.2, 0.25) is 5.02 Å². The van der Waals surface area contributed by atoms with Gasteiger partial charge in [-0.25, -0.2) is 0 Å². The maximum Gasteiger partial charge on any atom is 0.303 e. The second kappa shape index (κ2) is 4.98. The monoisotopic (exact) mass is 267 g/mol. The molecule has 1 aromatic carbocycles. The Balaban J connectivity index is 1.97. The Morgan fingerprint density at radius 1 is 1.44 bits per heavy atom. The van der Waals surface area contributed by atoms with Gasteiger partial charge < -0.3 is 10.0 Å². The molecule has 2 rings (SSSR count). The number of hydrogen-bond acceptors (Lipinski definition) is 2. The van der Waals surface area contributed by atoms with E-state index in [2.05, 4.69) is 0 Å². The van der Waals surface area contributed by atoms with Crippen LogP contribution in [-0.2, 0) is 4.79 Å². The summed E-state index contributed by atoms with van der Waals surface area (Å²) in [5.41, 5.74) is 1.47. The van der Waals surface area contributed by atoms with Gasteiger partial charge in [0, 0.05) is 29.6 Å². The van der Waals surface area contributed by atoms with Gasteiger partial charge in [0.15, 0.2) is 0 Å². The molecule has 4 nitrogen and oxygen atoms in total. The van der Waals surface area contributed by atoms with E-state index in [1.165, 1.54) is 0 Å². The van der Waals surface area contributed by atoms with E-state index >= 15 is 0 Å². The molecule has 0 radical (unpaired) electrons. The SMILES string of the molecule is Cc1cc(C(=O)N2CC(CC(=O)O)C2)ccc1Cl. The van der Waals surface area contributed by atoms with Gasteiger partial charge in [-0.1, -0.05) is 11.6 Å². The maximum atomic E-state index is 12.1. The molecule has 1 aromatic rings. The molecule has 0 spiro atoms. The topological polar surface area (TPSA) is 57.6 Å². The molecule has 0 unspecified atom stereocenters. The number of nitrogens with zero attached hydrogens (tertiary/aromatic N) is 1. The number of aliphatic carboxylic acids is 1. The highest BCUT2D eigenvalue weighted by atomic mass is 35.5. The summed E-state index contributed by atoms with van der Waals surface area (Å²) in [5, 5.41) is 9.28. The molecule has 0 aromatic heterocycles. The zero-order valence-corrected chi connectivity index (χ0v) is 10.8. The Morgan fingerprint density at radius 3 is 2.67 bits per heavy atom. The van der Waals surface area contributed by atoms with Crippen LogP contribution >= 0.6 is 11.6 Å². The zero-order valence-electron chi connectivity index (χ0n) is 10.0. The molecule has 1 amide bonds. The van der Waals surface area contributed by atoms with E-state index in [1.807, 2.05) is 6.92 Å². The Bertz CT molecular complexity index is 495. The third-order valence-electron chi connectivity index (χ3n) is 3.11. The summed E-state index contributed by atoms with van der Waals surface area (Å²) in [5.74, 6) is -0.786. The van der Waals surface area contributed by atoms with Gasteiger partial charge in [-0.3, -0.25) is 9.59 Å². The molecule has 1 heterocycles. The van der Waals surface area contributed by atoms with Crippen LogP contribution < -0.4 is 0 Å². The molecule has 0 atom stereocenters. The number of likely N-dealkylation sites (tertiary alicyclic amines) is 1. The van der Waals surface area contributed by atoms with E-state index in [-0.39, 0.29) is 18.2 Å². The molecule has 1 N–H and O–H groups in total. The van der Waals surface area contributed by atoms with Crippen LogP contribution in [0, 0.1) is 12.8 Å². The molecular formula is C13H14ClNO3. The fourth-order valence-corrected chi connectivity index (χ4v) is 2.19. The van der Waals surface area contributed by atoms with Crippen molar-refractivity contribution in [1.82, 2.24) is 4.90 Å². The van der Waals surface area contributed by atoms with E-state index < -0.39 is 5.97 Å². The lowest BCUT2D eigenvalue weighted by atomic mass is 9.95. The number of amides is 1. The number of rotatable bonds is 3. The molecule has 96 valence electrons. The third kappa shape index (κ3) is 2.64. The van der Waals surface area contributed by atoms with Crippen molar-refractivity contribution in [3.8, 4) is 0 Å². The van der Waals surface area contributed by atoms with Crippen LogP contribution in [0.15, 0.2) is 18.2 Å². The molecule has 0 bridgehead atoms. The normalized spacial score (nSPS) is 15.3. The molecule has 1 aliphatic rings. The van der Waals surface area contributed by atoms with Gasteiger partial charge in [-0.05, 0) is 30.7 Å². The van der Waals surface area contributed by atoms with Crippen molar-refractivity contribution in [2.45, 2.75) is 13.3 Å². The molecule has 0 saturated carbocycles. The van der Waals surface area contributed by atoms with Crippen LogP contribution in [0.1, 0.15) is 22.3 Å². The fraction of sp³-hybridized carbons (Fsp3) is 0.385. The van der Waals surface area contributed by atoms with Crippen LogP contribution in [0.25, 0.3) is 0 Å². The quantitative estimate of drug-likeness (QED) is 0.913. The predicted octanol–water partition coefficient (Wildman–Crippen LogP) is 2.20. The molecule has 1 saturated heterocycles. The van der Waals surface area contributed by atoms with E-state index in [0.717, 1.165) is 5.56 Å². The standard InChI is InChI=1S/C13H14ClNO3/c1-8-4-10(2-3-11(8)14)13(18)15-6-9(7-15)5-12(16)17/h2-4,9H,5-7H2,1H3,(H,16,17). The average molecular weight is 268 g/mol. The lowest BCUT2D eigenvalue weighted by Crippen LogP contribution is -2.50. The number of halogens is 1. The second-order valence-corrected chi connectivity index (χ2v) is 5.05. The first-order valence-electron chi connectivity index (χ1n) is 5.74. The Labute approximate surface area is 110 Å². The summed E-state index contributed by atoms with van der Waals surface area (Å²) in [6, 6.07) is 5.16. The smallest absolute Gasteiger partial charge is 0.303 e. The summed E-state index contributed by atoms with van der Waals surface area (Å²) in [6.07, 6.45) is 0.128. The minimum Gasteiger partial charge on any atom is -0.481 e. The lowest BCUT2D eigenvalue weighted by Gasteiger charge is -2.38. The van der Waals surface area contributed by atoms with Crippen molar-refractivity contribution in [2.24, 2.45) is 5.92 Å². The average Bonchev–Trinajstić information content (AvgIpc) is 2.25. The minimum atomic E-state index is -0.811. The first kappa shape index (κ1) is 12.9. The summed E-state index contributed by atoms with van der Waals surface area (Å²) in [4.78, 5) is 24.2. The van der Waals surface area contributed by atoms with Gasteiger partial charge in [0.1, 0.15) is 0 Å². The van der Waals surface area contributed by atoms with Crippen molar-refractivity contribution in [1.29, 1.82) is 0 Å². The van der Waals surface area contributed by atoms with Gasteiger partial charge in [-0.2, -0.15) is 0 Å². The molecule has 18 heavy (non-hydrogen) atoms. The van der Waals surface area contributed by atoms with Crippen LogP contribution in [0.5, 0.6) is 0 Å². The van der Waals surface area contributed by atoms with E-state index in [9.17, 15) is 9.59 Å². The summed E-state index contributed by atoms with van der Waals surface area (Å²) in [6.45, 7) is 2.89. The third-order valence-corrected chi connectivity index (χ3v) is 3.54. The minimum absolute atomic E-state index is 0.0589. The maximum absolute atomic E-state index is 12.1. The van der Waals surface area contributed by atoms with Crippen molar-refractivity contribution >= 4 is 23.5 Å². The summed E-state index contributed by atoms with van der Waals surface area (Å²) < 4.78 is 0. The highest BCUT2D eigenvalue weighted by molar-refractivity contribution is 6.31. The molecule has 1 fully saturated rings. The molecule has 5 heteroatoms. The van der Waals surface area contributed by atoms with E-state index in [0.29, 0.717) is 23.7 Å². The largest absolute Gasteiger partial charge is 0.481 e. The number of carboxylic acids is 1. The number of carboxylic acid groups (broad SMARTS) is 1. The Hall–Kier alpha value is -1.55. The number of hydrogen-bond donors (Lipinski definition) is 1. The summed E-state index contributed by atoms with van der Waals surface area (Å²) in [7, 11) is 0. The highest BCUT2D eigenvalue weighted by Crippen LogP contribution is 2.23. The van der Waals surface area contributed by atoms with Crippen molar-refractivity contribution in [2.75, 3.05) is 13.1 Å². The first-order chi connectivity index (χ1) is 8.47. The van der Waals surface area contributed by atoms with E-state index in [1.54, 1.807) is 23.1 Å². The van der Waals surface area contributed by atoms with Crippen molar-refractivity contribution < 1.29 is 14.7 Å². The van der Waals surface area contributed by atoms with Gasteiger partial charge in [0.05, 0.1) is 6.42 Å². The molecule has 1 aliphatic heterocycles. The van der Waals surface area contributed by atoms with E-state index in [4.69, 9.17) is 16.7 Å². The summed E-state index contributed by atoms with van der Waals surface area (Å²) >= 11 is 5.90. The number of carbonyl (C=O) groups is 2. The Kier molecular flexibility index (Phi) is 3.57. The van der Waals surface area contributed by atoms with Gasteiger partial charge in [0.25, 0.3) is 5.91 Å². The number of carbonyl (C=O) groups excluding carboxylic acids is 1. The van der Waals surface area contributed by atoms with Crippen LogP contribution in [-0.4, -0.2) is 35.0 Å². The lowest BCUT2D eigenvalue weighted by molar-refractivity contribution is -0.139. The van der Waals surface area contributed by atoms with Gasteiger partial charge >= 0.3 is 5.97 Å². The Morgan fingerprint density at radius 2 is 2.11 bits per heavy atom. The number of benzene rings is 1. The van der Waals surface area contributed by atoms with Crippen LogP contribution in [0.4, 0.5) is 0 Å². The van der Waals surface area contributed by atoms with Gasteiger partial charge in [0.2, 0.25) is 0 Å². The predicted molar refractivity (Wildman–Crippen MR) is 67.8 cm³/mol. The molecular weight excluding hydrogens is 254 g/mol. The van der Waals surface area contributed by atoms with Crippen LogP contribution in [0.3, 0.4) is 0 Å². The first-order valence-corrected chi connectivity index (χ1v) is 6.12.